The Kier molecular flexibility index (Phi) is 23.0. The number of imidazole rings is 2. The molecule has 1 N–H and O–H groups in total. The molecule has 0 radical (unpaired) electrons. The number of hydrogen-bond acceptors (Lipinski definition) is 8. The fraction of sp³-hybridized carbons (Fsp3) is 0.474. The van der Waals surface area contributed by atoms with Gasteiger partial charge in [-0.05, 0) is 13.8 Å². The molecule has 12 heteroatoms. The first kappa shape index (κ1) is 33.6. The standard InChI is InChI=1S/C9H14N2O3.C5H6N2O.C4H7O2.CH4.BrH.Zn/c1-3-14-9(13)4-8(12)7-5-11(2)6-10-7;1-7-2-5(3-8)6-4-7;1-3-6-4(2)5;;;/h5-6,8,12H,3-4H2,1-2H3;2-4H,1H3;2-3H2,1H3;1H4;1H;/q;;-1;;;+2/p-1. The Morgan fingerprint density at radius 2 is 1.68 bits per heavy atom. The van der Waals surface area contributed by atoms with Crippen LogP contribution in [0.2, 0.25) is 0 Å². The molecule has 0 bridgehead atoms. The summed E-state index contributed by atoms with van der Waals surface area (Å²) >= 11 is 4.25. The molecule has 172 valence electrons. The summed E-state index contributed by atoms with van der Waals surface area (Å²) in [6.07, 6.45) is 6.28. The van der Waals surface area contributed by atoms with Gasteiger partial charge in [0.05, 0.1) is 38.0 Å². The van der Waals surface area contributed by atoms with Gasteiger partial charge in [-0.15, -0.1) is 0 Å². The Bertz CT molecular complexity index is 739. The maximum atomic E-state index is 11.0. The summed E-state index contributed by atoms with van der Waals surface area (Å²) in [5.74, 6) is -0.872. The van der Waals surface area contributed by atoms with Gasteiger partial charge in [-0.1, -0.05) is 7.43 Å². The Labute approximate surface area is 200 Å². The third kappa shape index (κ3) is 18.5. The van der Waals surface area contributed by atoms with Gasteiger partial charge < -0.3 is 23.7 Å². The van der Waals surface area contributed by atoms with Crippen LogP contribution in [0.1, 0.15) is 50.0 Å². The molecule has 0 aromatic carbocycles. The first-order valence-corrected chi connectivity index (χ1v) is 15.7. The molecule has 10 nitrogen and oxygen atoms in total. The Morgan fingerprint density at radius 3 is 1.97 bits per heavy atom. The molecule has 0 fully saturated rings. The summed E-state index contributed by atoms with van der Waals surface area (Å²) in [5.41, 5.74) is 0.966. The SMILES string of the molecule is C.CCOC(=O)CC(O)c1cn(C)cn1.Cn1cnc(C=O)c1.[CH2-]C(=O)OCC.[Zn+][Br]. The van der Waals surface area contributed by atoms with Gasteiger partial charge >= 0.3 is 35.9 Å². The fourth-order valence-corrected chi connectivity index (χ4v) is 1.74. The number of aliphatic hydroxyl groups excluding tert-OH is 1. The number of nitrogens with zero attached hydrogens (tertiary/aromatic N) is 4. The Morgan fingerprint density at radius 1 is 1.16 bits per heavy atom. The van der Waals surface area contributed by atoms with Crippen molar-refractivity contribution in [2.45, 2.75) is 33.8 Å². The average molecular weight is 557 g/mol. The minimum absolute atomic E-state index is 0. The van der Waals surface area contributed by atoms with Crippen molar-refractivity contribution in [1.29, 1.82) is 0 Å². The van der Waals surface area contributed by atoms with E-state index in [9.17, 15) is 19.5 Å². The molecule has 0 aliphatic carbocycles. The summed E-state index contributed by atoms with van der Waals surface area (Å²) in [5, 5.41) is 9.55. The number of aliphatic hydroxyl groups is 1. The number of carbonyl (C=O) groups is 3. The molecular weight excluding hydrogens is 526 g/mol. The van der Waals surface area contributed by atoms with Crippen molar-refractivity contribution in [3.05, 3.63) is 43.4 Å². The van der Waals surface area contributed by atoms with Crippen LogP contribution in [0.4, 0.5) is 0 Å². The summed E-state index contributed by atoms with van der Waals surface area (Å²) in [4.78, 5) is 38.3. The molecule has 2 aromatic heterocycles. The minimum atomic E-state index is -0.879. The second-order valence-corrected chi connectivity index (χ2v) is 5.38. The first-order valence-electron chi connectivity index (χ1n) is 8.73. The van der Waals surface area contributed by atoms with E-state index in [0.29, 0.717) is 24.6 Å². The van der Waals surface area contributed by atoms with Crippen LogP contribution in [0.3, 0.4) is 0 Å². The predicted octanol–water partition coefficient (Wildman–Crippen LogP) is 2.50. The molecular formula is C19H31BrN4O6Zn. The van der Waals surface area contributed by atoms with E-state index < -0.39 is 18.0 Å². The van der Waals surface area contributed by atoms with Crippen molar-refractivity contribution >= 4 is 31.8 Å². The van der Waals surface area contributed by atoms with Crippen molar-refractivity contribution in [3.8, 4) is 0 Å². The van der Waals surface area contributed by atoms with Crippen molar-refractivity contribution in [2.24, 2.45) is 14.1 Å². The summed E-state index contributed by atoms with van der Waals surface area (Å²) in [6.45, 7) is 7.18. The quantitative estimate of drug-likeness (QED) is 0.249. The topological polar surface area (TPSA) is 126 Å². The van der Waals surface area contributed by atoms with Gasteiger partial charge in [-0.3, -0.25) is 21.3 Å². The van der Waals surface area contributed by atoms with Crippen LogP contribution >= 0.6 is 13.6 Å². The zero-order valence-electron chi connectivity index (χ0n) is 17.7. The van der Waals surface area contributed by atoms with E-state index in [1.54, 1.807) is 55.1 Å². The van der Waals surface area contributed by atoms with E-state index in [1.807, 2.05) is 7.05 Å². The van der Waals surface area contributed by atoms with Crippen molar-refractivity contribution in [1.82, 2.24) is 19.1 Å². The summed E-state index contributed by atoms with van der Waals surface area (Å²) in [6, 6.07) is 0. The van der Waals surface area contributed by atoms with Gasteiger partial charge in [0, 0.05) is 26.5 Å². The van der Waals surface area contributed by atoms with Gasteiger partial charge in [0.1, 0.15) is 11.8 Å². The molecule has 2 rings (SSSR count). The number of carbonyl (C=O) groups excluding carboxylic acids is 3. The number of aryl methyl sites for hydroxylation is 2. The second kappa shape index (κ2) is 21.2. The van der Waals surface area contributed by atoms with E-state index in [4.69, 9.17) is 4.74 Å². The second-order valence-electron chi connectivity index (χ2n) is 5.38. The van der Waals surface area contributed by atoms with E-state index in [0.717, 1.165) is 6.29 Å². The molecule has 2 aromatic rings. The molecule has 31 heavy (non-hydrogen) atoms. The molecule has 2 heterocycles. The van der Waals surface area contributed by atoms with Crippen LogP contribution in [0.25, 0.3) is 0 Å². The van der Waals surface area contributed by atoms with Gasteiger partial charge in [-0.25, -0.2) is 9.97 Å². The number of aldehydes is 1. The number of ether oxygens (including phenoxy) is 2. The van der Waals surface area contributed by atoms with E-state index in [2.05, 4.69) is 35.3 Å². The number of hydrogen-bond donors (Lipinski definition) is 1. The predicted molar refractivity (Wildman–Crippen MR) is 116 cm³/mol. The van der Waals surface area contributed by atoms with Crippen molar-refractivity contribution in [3.63, 3.8) is 0 Å². The molecule has 0 aliphatic heterocycles. The molecule has 0 amide bonds. The average Bonchev–Trinajstić information content (AvgIpc) is 3.32. The number of rotatable bonds is 6. The van der Waals surface area contributed by atoms with Crippen LogP contribution < -0.4 is 0 Å². The van der Waals surface area contributed by atoms with Crippen LogP contribution in [0.15, 0.2) is 25.0 Å². The number of aromatic nitrogens is 4. The van der Waals surface area contributed by atoms with Gasteiger partial charge in [0.15, 0.2) is 12.3 Å². The molecule has 0 saturated heterocycles. The van der Waals surface area contributed by atoms with E-state index in [1.165, 1.54) is 16.3 Å². The van der Waals surface area contributed by atoms with Crippen LogP contribution in [-0.4, -0.2) is 55.6 Å². The third-order valence-corrected chi connectivity index (χ3v) is 2.88. The maximum absolute atomic E-state index is 11.0. The number of halogens is 1. The molecule has 0 aliphatic rings. The van der Waals surface area contributed by atoms with Crippen molar-refractivity contribution in [2.75, 3.05) is 13.2 Å². The first-order chi connectivity index (χ1) is 14.2. The third-order valence-electron chi connectivity index (χ3n) is 2.88. The molecule has 1 atom stereocenters. The molecule has 0 spiro atoms. The summed E-state index contributed by atoms with van der Waals surface area (Å²) < 4.78 is 12.4. The Balaban J connectivity index is -0.000000394. The molecule has 0 saturated carbocycles. The van der Waals surface area contributed by atoms with Crippen LogP contribution in [0, 0.1) is 6.92 Å². The normalized spacial score (nSPS) is 9.68. The van der Waals surface area contributed by atoms with Crippen molar-refractivity contribution < 1.29 is 45.3 Å². The zero-order chi connectivity index (χ0) is 23.5. The van der Waals surface area contributed by atoms with Crippen LogP contribution in [0.5, 0.6) is 0 Å². The Hall–Kier alpha value is -2.04. The van der Waals surface area contributed by atoms with Gasteiger partial charge in [0.2, 0.25) is 0 Å². The molecule has 1 unspecified atom stereocenters. The van der Waals surface area contributed by atoms with Crippen LogP contribution in [-0.2, 0) is 49.5 Å². The van der Waals surface area contributed by atoms with Gasteiger partial charge in [0.25, 0.3) is 0 Å². The fourth-order valence-electron chi connectivity index (χ4n) is 1.74. The van der Waals surface area contributed by atoms with E-state index >= 15 is 0 Å². The van der Waals surface area contributed by atoms with Gasteiger partial charge in [-0.2, -0.15) is 0 Å². The van der Waals surface area contributed by atoms with E-state index in [-0.39, 0.29) is 13.8 Å². The number of esters is 2. The summed E-state index contributed by atoms with van der Waals surface area (Å²) in [7, 11) is 3.62. The monoisotopic (exact) mass is 554 g/mol. The zero-order valence-corrected chi connectivity index (χ0v) is 22.2.